The van der Waals surface area contributed by atoms with E-state index < -0.39 is 11.6 Å². The van der Waals surface area contributed by atoms with Crippen molar-refractivity contribution >= 4 is 5.91 Å². The van der Waals surface area contributed by atoms with Gasteiger partial charge in [-0.05, 0) is 37.6 Å². The smallest absolute Gasteiger partial charge is 0.224 e. The summed E-state index contributed by atoms with van der Waals surface area (Å²) in [7, 11) is 0. The summed E-state index contributed by atoms with van der Waals surface area (Å²) in [6.07, 6.45) is 0.585. The van der Waals surface area contributed by atoms with E-state index in [2.05, 4.69) is 10.6 Å². The lowest BCUT2D eigenvalue weighted by Gasteiger charge is -2.30. The van der Waals surface area contributed by atoms with Gasteiger partial charge in [0, 0.05) is 11.6 Å². The number of carbonyl (C=O) groups is 1. The lowest BCUT2D eigenvalue weighted by atomic mass is 9.95. The first-order chi connectivity index (χ1) is 9.08. The lowest BCUT2D eigenvalue weighted by Crippen LogP contribution is -2.48. The topological polar surface area (TPSA) is 41.1 Å². The molecule has 0 bridgehead atoms. The number of hydrogen-bond acceptors (Lipinski definition) is 2. The Morgan fingerprint density at radius 2 is 2.11 bits per heavy atom. The summed E-state index contributed by atoms with van der Waals surface area (Å²) in [6.45, 7) is 3.74. The van der Waals surface area contributed by atoms with Crippen molar-refractivity contribution in [3.8, 4) is 0 Å². The first-order valence-corrected chi connectivity index (χ1v) is 6.51. The zero-order valence-corrected chi connectivity index (χ0v) is 10.9. The van der Waals surface area contributed by atoms with E-state index in [1.54, 1.807) is 0 Å². The van der Waals surface area contributed by atoms with Gasteiger partial charge in [0.15, 0.2) is 0 Å². The van der Waals surface area contributed by atoms with Gasteiger partial charge in [-0.25, -0.2) is 8.78 Å². The minimum absolute atomic E-state index is 0.0728. The molecule has 19 heavy (non-hydrogen) atoms. The predicted molar refractivity (Wildman–Crippen MR) is 68.6 cm³/mol. The van der Waals surface area contributed by atoms with Crippen molar-refractivity contribution in [3.63, 3.8) is 0 Å². The summed E-state index contributed by atoms with van der Waals surface area (Å²) < 4.78 is 26.9. The van der Waals surface area contributed by atoms with Gasteiger partial charge in [-0.15, -0.1) is 0 Å². The monoisotopic (exact) mass is 268 g/mol. The molecule has 0 saturated carbocycles. The van der Waals surface area contributed by atoms with E-state index in [1.165, 1.54) is 18.2 Å². The molecule has 2 N–H and O–H groups in total. The molecule has 0 aromatic heterocycles. The van der Waals surface area contributed by atoms with Gasteiger partial charge in [0.05, 0.1) is 6.42 Å². The summed E-state index contributed by atoms with van der Waals surface area (Å²) in [4.78, 5) is 11.9. The van der Waals surface area contributed by atoms with Crippen LogP contribution in [0, 0.1) is 17.6 Å². The molecule has 2 atom stereocenters. The summed E-state index contributed by atoms with van der Waals surface area (Å²) in [5.74, 6) is -1.35. The van der Waals surface area contributed by atoms with Crippen molar-refractivity contribution < 1.29 is 13.6 Å². The molecule has 0 aliphatic carbocycles. The van der Waals surface area contributed by atoms with Crippen molar-refractivity contribution in [3.05, 3.63) is 35.4 Å². The van der Waals surface area contributed by atoms with Crippen LogP contribution >= 0.6 is 0 Å². The molecule has 2 unspecified atom stereocenters. The quantitative estimate of drug-likeness (QED) is 0.874. The second-order valence-corrected chi connectivity index (χ2v) is 5.02. The largest absolute Gasteiger partial charge is 0.353 e. The van der Waals surface area contributed by atoms with Gasteiger partial charge in [-0.3, -0.25) is 4.79 Å². The minimum Gasteiger partial charge on any atom is -0.353 e. The number of amides is 1. The van der Waals surface area contributed by atoms with E-state index >= 15 is 0 Å². The van der Waals surface area contributed by atoms with E-state index in [9.17, 15) is 13.6 Å². The van der Waals surface area contributed by atoms with Crippen LogP contribution in [0.1, 0.15) is 18.9 Å². The van der Waals surface area contributed by atoms with E-state index in [1.807, 2.05) is 6.92 Å². The van der Waals surface area contributed by atoms with Gasteiger partial charge in [-0.1, -0.05) is 13.0 Å². The number of nitrogens with one attached hydrogen (secondary N) is 2. The zero-order valence-electron chi connectivity index (χ0n) is 10.9. The average Bonchev–Trinajstić information content (AvgIpc) is 2.37. The molecule has 1 aliphatic heterocycles. The molecule has 1 saturated heterocycles. The molecule has 1 fully saturated rings. The molecule has 1 aliphatic rings. The fraction of sp³-hybridized carbons (Fsp3) is 0.500. The Balaban J connectivity index is 1.97. The van der Waals surface area contributed by atoms with Crippen LogP contribution in [0.2, 0.25) is 0 Å². The average molecular weight is 268 g/mol. The fourth-order valence-electron chi connectivity index (χ4n) is 2.35. The summed E-state index contributed by atoms with van der Waals surface area (Å²) in [5, 5.41) is 6.09. The van der Waals surface area contributed by atoms with Crippen LogP contribution in [0.5, 0.6) is 0 Å². The normalized spacial score (nSPS) is 23.1. The third-order valence-corrected chi connectivity index (χ3v) is 3.53. The lowest BCUT2D eigenvalue weighted by molar-refractivity contribution is -0.121. The van der Waals surface area contributed by atoms with Gasteiger partial charge in [0.2, 0.25) is 5.91 Å². The molecule has 1 heterocycles. The first-order valence-electron chi connectivity index (χ1n) is 6.51. The molecular formula is C14H18F2N2O. The van der Waals surface area contributed by atoms with Crippen molar-refractivity contribution in [2.24, 2.45) is 5.92 Å². The van der Waals surface area contributed by atoms with Crippen LogP contribution in [0.4, 0.5) is 8.78 Å². The molecule has 1 amide bonds. The Bertz CT molecular complexity index is 445. The Hall–Kier alpha value is -1.49. The summed E-state index contributed by atoms with van der Waals surface area (Å²) >= 11 is 0. The number of hydrogen-bond donors (Lipinski definition) is 2. The van der Waals surface area contributed by atoms with Crippen molar-refractivity contribution in [2.75, 3.05) is 13.1 Å². The Morgan fingerprint density at radius 1 is 1.42 bits per heavy atom. The van der Waals surface area contributed by atoms with Crippen LogP contribution in [0.15, 0.2) is 18.2 Å². The Labute approximate surface area is 111 Å². The third kappa shape index (κ3) is 3.50. The van der Waals surface area contributed by atoms with E-state index in [4.69, 9.17) is 0 Å². The van der Waals surface area contributed by atoms with Gasteiger partial charge < -0.3 is 10.6 Å². The first kappa shape index (κ1) is 13.9. The Morgan fingerprint density at radius 3 is 2.74 bits per heavy atom. The van der Waals surface area contributed by atoms with Gasteiger partial charge in [-0.2, -0.15) is 0 Å². The van der Waals surface area contributed by atoms with Crippen molar-refractivity contribution in [2.45, 2.75) is 25.8 Å². The number of piperidine rings is 1. The molecule has 0 radical (unpaired) electrons. The molecule has 0 spiro atoms. The highest BCUT2D eigenvalue weighted by Crippen LogP contribution is 2.14. The second kappa shape index (κ2) is 6.10. The maximum Gasteiger partial charge on any atom is 0.224 e. The van der Waals surface area contributed by atoms with Crippen molar-refractivity contribution in [1.82, 2.24) is 10.6 Å². The molecule has 2 rings (SSSR count). The van der Waals surface area contributed by atoms with E-state index in [0.717, 1.165) is 19.5 Å². The van der Waals surface area contributed by atoms with Gasteiger partial charge in [0.25, 0.3) is 0 Å². The molecule has 5 heteroatoms. The maximum atomic E-state index is 13.4. The molecular weight excluding hydrogens is 250 g/mol. The highest BCUT2D eigenvalue weighted by atomic mass is 19.1. The number of rotatable bonds is 3. The highest BCUT2D eigenvalue weighted by molar-refractivity contribution is 5.79. The van der Waals surface area contributed by atoms with E-state index in [0.29, 0.717) is 5.92 Å². The van der Waals surface area contributed by atoms with Crippen LogP contribution < -0.4 is 10.6 Å². The van der Waals surface area contributed by atoms with Crippen LogP contribution in [-0.4, -0.2) is 25.0 Å². The Kier molecular flexibility index (Phi) is 4.47. The standard InChI is InChI=1S/C14H18F2N2O/c1-9-8-17-6-5-13(9)18-14(19)7-10-11(15)3-2-4-12(10)16/h2-4,9,13,17H,5-8H2,1H3,(H,18,19). The van der Waals surface area contributed by atoms with Crippen LogP contribution in [-0.2, 0) is 11.2 Å². The number of carbonyl (C=O) groups excluding carboxylic acids is 1. The minimum atomic E-state index is -0.673. The van der Waals surface area contributed by atoms with Gasteiger partial charge in [0.1, 0.15) is 11.6 Å². The molecule has 104 valence electrons. The number of halogens is 2. The maximum absolute atomic E-state index is 13.4. The van der Waals surface area contributed by atoms with Crippen molar-refractivity contribution in [1.29, 1.82) is 0 Å². The summed E-state index contributed by atoms with van der Waals surface area (Å²) in [6, 6.07) is 3.70. The van der Waals surface area contributed by atoms with Gasteiger partial charge >= 0.3 is 0 Å². The molecule has 3 nitrogen and oxygen atoms in total. The third-order valence-electron chi connectivity index (χ3n) is 3.53. The predicted octanol–water partition coefficient (Wildman–Crippen LogP) is 1.62. The second-order valence-electron chi connectivity index (χ2n) is 5.02. The molecule has 1 aromatic rings. The van der Waals surface area contributed by atoms with Crippen LogP contribution in [0.25, 0.3) is 0 Å². The van der Waals surface area contributed by atoms with E-state index in [-0.39, 0.29) is 23.9 Å². The van der Waals surface area contributed by atoms with Crippen LogP contribution in [0.3, 0.4) is 0 Å². The fourth-order valence-corrected chi connectivity index (χ4v) is 2.35. The SMILES string of the molecule is CC1CNCCC1NC(=O)Cc1c(F)cccc1F. The number of benzene rings is 1. The highest BCUT2D eigenvalue weighted by Gasteiger charge is 2.23. The molecule has 1 aromatic carbocycles. The summed E-state index contributed by atoms with van der Waals surface area (Å²) in [5.41, 5.74) is -0.165. The zero-order chi connectivity index (χ0) is 13.8.